The number of nitrogens with one attached hydrogen (secondary N) is 2. The van der Waals surface area contributed by atoms with Gasteiger partial charge < -0.3 is 20.1 Å². The van der Waals surface area contributed by atoms with E-state index in [4.69, 9.17) is 9.47 Å². The monoisotopic (exact) mass is 333 g/mol. The lowest BCUT2D eigenvalue weighted by molar-refractivity contribution is 0.0268. The molecule has 0 saturated heterocycles. The average molecular weight is 333 g/mol. The summed E-state index contributed by atoms with van der Waals surface area (Å²) in [6.45, 7) is 9.07. The van der Waals surface area contributed by atoms with Gasteiger partial charge in [-0.15, -0.1) is 0 Å². The molecule has 0 bridgehead atoms. The van der Waals surface area contributed by atoms with Crippen LogP contribution in [0.25, 0.3) is 0 Å². The topological polar surface area (TPSA) is 54.9 Å². The molecule has 0 spiro atoms. The number of hydrogen-bond acceptors (Lipinski definition) is 3. The van der Waals surface area contributed by atoms with Gasteiger partial charge in [0.15, 0.2) is 5.96 Å². The molecule has 1 aliphatic carbocycles. The number of nitrogens with zero attached hydrogens (tertiary/aromatic N) is 1. The molecule has 2 rings (SSSR count). The first-order valence-electron chi connectivity index (χ1n) is 8.82. The molecule has 0 heterocycles. The fourth-order valence-electron chi connectivity index (χ4n) is 2.14. The van der Waals surface area contributed by atoms with Gasteiger partial charge in [0.1, 0.15) is 5.75 Å². The van der Waals surface area contributed by atoms with E-state index in [1.54, 1.807) is 7.11 Å². The summed E-state index contributed by atoms with van der Waals surface area (Å²) in [5, 5.41) is 6.61. The fourth-order valence-corrected chi connectivity index (χ4v) is 2.14. The van der Waals surface area contributed by atoms with E-state index in [0.29, 0.717) is 13.1 Å². The quantitative estimate of drug-likeness (QED) is 0.539. The van der Waals surface area contributed by atoms with E-state index >= 15 is 0 Å². The fraction of sp³-hybridized carbons (Fsp3) is 0.632. The van der Waals surface area contributed by atoms with Crippen LogP contribution in [0.1, 0.15) is 39.2 Å². The van der Waals surface area contributed by atoms with E-state index < -0.39 is 0 Å². The molecule has 1 aromatic carbocycles. The predicted molar refractivity (Wildman–Crippen MR) is 98.6 cm³/mol. The van der Waals surface area contributed by atoms with Gasteiger partial charge in [-0.3, -0.25) is 0 Å². The van der Waals surface area contributed by atoms with Crippen LogP contribution in [-0.4, -0.2) is 38.4 Å². The molecule has 0 unspecified atom stereocenters. The van der Waals surface area contributed by atoms with Crippen LogP contribution in [-0.2, 0) is 11.3 Å². The maximum Gasteiger partial charge on any atom is 0.191 e. The Morgan fingerprint density at radius 3 is 2.67 bits per heavy atom. The summed E-state index contributed by atoms with van der Waals surface area (Å²) in [6.07, 6.45) is 2.59. The van der Waals surface area contributed by atoms with Crippen LogP contribution in [0.2, 0.25) is 0 Å². The highest BCUT2D eigenvalue weighted by Crippen LogP contribution is 2.30. The molecular weight excluding hydrogens is 302 g/mol. The first-order chi connectivity index (χ1) is 11.5. The summed E-state index contributed by atoms with van der Waals surface area (Å²) < 4.78 is 11.4. The Morgan fingerprint density at radius 2 is 2.00 bits per heavy atom. The van der Waals surface area contributed by atoms with Crippen molar-refractivity contribution in [3.63, 3.8) is 0 Å². The van der Waals surface area contributed by atoms with Crippen molar-refractivity contribution in [3.8, 4) is 5.75 Å². The Bertz CT molecular complexity index is 539. The van der Waals surface area contributed by atoms with Crippen molar-refractivity contribution in [2.45, 2.75) is 45.8 Å². The summed E-state index contributed by atoms with van der Waals surface area (Å²) in [7, 11) is 1.72. The second kappa shape index (κ2) is 8.92. The smallest absolute Gasteiger partial charge is 0.191 e. The molecule has 5 nitrogen and oxygen atoms in total. The Balaban J connectivity index is 1.96. The molecule has 1 saturated carbocycles. The first kappa shape index (κ1) is 18.6. The second-order valence-corrected chi connectivity index (χ2v) is 6.87. The minimum Gasteiger partial charge on any atom is -0.493 e. The van der Waals surface area contributed by atoms with Crippen LogP contribution in [0.4, 0.5) is 0 Å². The standard InChI is InChI=1S/C19H31N3O2/c1-5-20-18(22-14-19(2,3)23-4)21-12-16-8-6-7-9-17(16)24-13-15-10-11-15/h6-9,15H,5,10-14H2,1-4H3,(H2,20,21,22). The highest BCUT2D eigenvalue weighted by atomic mass is 16.5. The minimum atomic E-state index is -0.235. The summed E-state index contributed by atoms with van der Waals surface area (Å²) in [5.74, 6) is 2.48. The van der Waals surface area contributed by atoms with E-state index in [9.17, 15) is 0 Å². The maximum absolute atomic E-state index is 5.95. The zero-order valence-electron chi connectivity index (χ0n) is 15.4. The van der Waals surface area contributed by atoms with Gasteiger partial charge >= 0.3 is 0 Å². The number of methoxy groups -OCH3 is 1. The Labute approximate surface area is 145 Å². The molecule has 0 aliphatic heterocycles. The number of aliphatic imine (C=N–C) groups is 1. The van der Waals surface area contributed by atoms with Gasteiger partial charge in [0.05, 0.1) is 18.8 Å². The van der Waals surface area contributed by atoms with E-state index in [0.717, 1.165) is 36.3 Å². The molecular formula is C19H31N3O2. The number of ether oxygens (including phenoxy) is 2. The van der Waals surface area contributed by atoms with Crippen LogP contribution >= 0.6 is 0 Å². The largest absolute Gasteiger partial charge is 0.493 e. The molecule has 0 atom stereocenters. The summed E-state index contributed by atoms with van der Waals surface area (Å²) >= 11 is 0. The zero-order chi connectivity index (χ0) is 17.4. The lowest BCUT2D eigenvalue weighted by Gasteiger charge is -2.24. The van der Waals surface area contributed by atoms with E-state index in [2.05, 4.69) is 28.6 Å². The van der Waals surface area contributed by atoms with Crippen LogP contribution in [0.5, 0.6) is 5.75 Å². The van der Waals surface area contributed by atoms with Crippen molar-refractivity contribution in [1.29, 1.82) is 0 Å². The molecule has 5 heteroatoms. The van der Waals surface area contributed by atoms with Crippen molar-refractivity contribution in [2.24, 2.45) is 10.9 Å². The van der Waals surface area contributed by atoms with Crippen LogP contribution < -0.4 is 15.4 Å². The number of hydrogen-bond donors (Lipinski definition) is 2. The summed E-state index contributed by atoms with van der Waals surface area (Å²) in [6, 6.07) is 8.15. The molecule has 1 aliphatic rings. The predicted octanol–water partition coefficient (Wildman–Crippen LogP) is 2.96. The number of guanidine groups is 1. The van der Waals surface area contributed by atoms with Crippen LogP contribution in [0.15, 0.2) is 29.3 Å². The molecule has 24 heavy (non-hydrogen) atoms. The first-order valence-corrected chi connectivity index (χ1v) is 8.82. The van der Waals surface area contributed by atoms with E-state index in [1.165, 1.54) is 12.8 Å². The van der Waals surface area contributed by atoms with Crippen molar-refractivity contribution in [3.05, 3.63) is 29.8 Å². The molecule has 0 amide bonds. The molecule has 0 radical (unpaired) electrons. The number of benzene rings is 1. The summed E-state index contributed by atoms with van der Waals surface area (Å²) in [4.78, 5) is 4.68. The number of rotatable bonds is 9. The van der Waals surface area contributed by atoms with Gasteiger partial charge in [0.25, 0.3) is 0 Å². The van der Waals surface area contributed by atoms with Gasteiger partial charge in [0.2, 0.25) is 0 Å². The molecule has 134 valence electrons. The van der Waals surface area contributed by atoms with Crippen LogP contribution in [0, 0.1) is 5.92 Å². The van der Waals surface area contributed by atoms with Gasteiger partial charge in [-0.2, -0.15) is 0 Å². The number of para-hydroxylation sites is 1. The Kier molecular flexibility index (Phi) is 6.91. The lowest BCUT2D eigenvalue weighted by atomic mass is 10.1. The highest BCUT2D eigenvalue weighted by molar-refractivity contribution is 5.79. The lowest BCUT2D eigenvalue weighted by Crippen LogP contribution is -2.45. The van der Waals surface area contributed by atoms with Gasteiger partial charge in [0, 0.05) is 25.8 Å². The molecule has 1 fully saturated rings. The van der Waals surface area contributed by atoms with Crippen molar-refractivity contribution in [1.82, 2.24) is 10.6 Å². The van der Waals surface area contributed by atoms with Gasteiger partial charge in [-0.25, -0.2) is 4.99 Å². The third-order valence-electron chi connectivity index (χ3n) is 4.13. The van der Waals surface area contributed by atoms with Crippen molar-refractivity contribution in [2.75, 3.05) is 26.8 Å². The van der Waals surface area contributed by atoms with Crippen LogP contribution in [0.3, 0.4) is 0 Å². The Hall–Kier alpha value is -1.75. The average Bonchev–Trinajstić information content (AvgIpc) is 3.40. The molecule has 1 aromatic rings. The highest BCUT2D eigenvalue weighted by Gasteiger charge is 2.22. The third kappa shape index (κ3) is 6.40. The zero-order valence-corrected chi connectivity index (χ0v) is 15.4. The van der Waals surface area contributed by atoms with Crippen molar-refractivity contribution < 1.29 is 9.47 Å². The second-order valence-electron chi connectivity index (χ2n) is 6.87. The Morgan fingerprint density at radius 1 is 1.25 bits per heavy atom. The maximum atomic E-state index is 5.95. The molecule has 0 aromatic heterocycles. The minimum absolute atomic E-state index is 0.235. The summed E-state index contributed by atoms with van der Waals surface area (Å²) in [5.41, 5.74) is 0.878. The molecule has 2 N–H and O–H groups in total. The SMILES string of the molecule is CCNC(=NCc1ccccc1OCC1CC1)NCC(C)(C)OC. The van der Waals surface area contributed by atoms with E-state index in [-0.39, 0.29) is 5.60 Å². The van der Waals surface area contributed by atoms with Gasteiger partial charge in [-0.05, 0) is 45.6 Å². The van der Waals surface area contributed by atoms with E-state index in [1.807, 2.05) is 32.0 Å². The van der Waals surface area contributed by atoms with Crippen molar-refractivity contribution >= 4 is 5.96 Å². The third-order valence-corrected chi connectivity index (χ3v) is 4.13. The van der Waals surface area contributed by atoms with Gasteiger partial charge in [-0.1, -0.05) is 18.2 Å². The normalized spacial score (nSPS) is 15.2.